The van der Waals surface area contributed by atoms with Crippen LogP contribution in [0.25, 0.3) is 0 Å². The Kier molecular flexibility index (Phi) is 6.22. The molecule has 2 aliphatic rings. The van der Waals surface area contributed by atoms with Gasteiger partial charge >= 0.3 is 0 Å². The summed E-state index contributed by atoms with van der Waals surface area (Å²) in [5.74, 6) is 1.67. The Morgan fingerprint density at radius 1 is 1.06 bits per heavy atom. The molecule has 2 aliphatic heterocycles. The van der Waals surface area contributed by atoms with Gasteiger partial charge in [-0.25, -0.2) is 8.42 Å². The molecule has 1 atom stereocenters. The molecular weight excluding hydrogens is 446 g/mol. The molecular formula is C23H27N3O4S2. The van der Waals surface area contributed by atoms with E-state index >= 15 is 0 Å². The van der Waals surface area contributed by atoms with Gasteiger partial charge in [-0.3, -0.25) is 13.9 Å². The Morgan fingerprint density at radius 3 is 2.41 bits per heavy atom. The number of nitrogens with one attached hydrogen (secondary N) is 1. The molecule has 32 heavy (non-hydrogen) atoms. The lowest BCUT2D eigenvalue weighted by Gasteiger charge is -2.26. The van der Waals surface area contributed by atoms with Crippen LogP contribution in [0.3, 0.4) is 0 Å². The van der Waals surface area contributed by atoms with E-state index in [-0.39, 0.29) is 17.9 Å². The van der Waals surface area contributed by atoms with Crippen LogP contribution in [-0.2, 0) is 16.4 Å². The van der Waals surface area contributed by atoms with Gasteiger partial charge in [0, 0.05) is 47.5 Å². The van der Waals surface area contributed by atoms with Gasteiger partial charge in [-0.1, -0.05) is 0 Å². The minimum absolute atomic E-state index is 0.0226. The van der Waals surface area contributed by atoms with E-state index in [1.165, 1.54) is 10.6 Å². The van der Waals surface area contributed by atoms with Crippen molar-refractivity contribution in [1.82, 2.24) is 4.90 Å². The van der Waals surface area contributed by atoms with E-state index in [4.69, 9.17) is 0 Å². The van der Waals surface area contributed by atoms with Gasteiger partial charge < -0.3 is 10.2 Å². The zero-order chi connectivity index (χ0) is 23.0. The number of fused-ring (bicyclic) bond motifs is 1. The summed E-state index contributed by atoms with van der Waals surface area (Å²) >= 11 is 1.86. The van der Waals surface area contributed by atoms with Gasteiger partial charge in [0.1, 0.15) is 0 Å². The molecule has 1 fully saturated rings. The van der Waals surface area contributed by atoms with Crippen molar-refractivity contribution >= 4 is 45.0 Å². The molecule has 1 saturated heterocycles. The van der Waals surface area contributed by atoms with Crippen molar-refractivity contribution in [3.8, 4) is 0 Å². The van der Waals surface area contributed by atoms with Crippen molar-refractivity contribution in [2.24, 2.45) is 0 Å². The van der Waals surface area contributed by atoms with E-state index in [1.54, 1.807) is 30.3 Å². The largest absolute Gasteiger partial charge is 0.337 e. The lowest BCUT2D eigenvalue weighted by atomic mass is 10.1. The standard InChI is InChI=1S/C23H27N3O4S2/c1-15-12-18(23(28)25-8-10-31-11-9-25)4-6-20(15)24-22(27)17-5-7-21-19(14-17)13-16(2)26(21)32(3,29)30/h4-7,12,14,16H,8-11,13H2,1-3H3,(H,24,27). The molecule has 170 valence electrons. The van der Waals surface area contributed by atoms with Crippen molar-refractivity contribution in [1.29, 1.82) is 0 Å². The number of thioether (sulfide) groups is 1. The first-order chi connectivity index (χ1) is 15.1. The van der Waals surface area contributed by atoms with Crippen LogP contribution < -0.4 is 9.62 Å². The Labute approximate surface area is 193 Å². The number of rotatable bonds is 4. The highest BCUT2D eigenvalue weighted by atomic mass is 32.2. The highest BCUT2D eigenvalue weighted by Crippen LogP contribution is 2.35. The molecule has 2 amide bonds. The summed E-state index contributed by atoms with van der Waals surface area (Å²) in [6.45, 7) is 5.24. The number of aryl methyl sites for hydroxylation is 1. The maximum Gasteiger partial charge on any atom is 0.255 e. The number of benzene rings is 2. The molecule has 0 bridgehead atoms. The monoisotopic (exact) mass is 473 g/mol. The molecule has 2 heterocycles. The first kappa shape index (κ1) is 22.7. The average molecular weight is 474 g/mol. The molecule has 4 rings (SSSR count). The van der Waals surface area contributed by atoms with Crippen LogP contribution in [0.4, 0.5) is 11.4 Å². The summed E-state index contributed by atoms with van der Waals surface area (Å²) in [5.41, 5.74) is 4.03. The summed E-state index contributed by atoms with van der Waals surface area (Å²) < 4.78 is 25.6. The third-order valence-corrected chi connectivity index (χ3v) is 8.09. The van der Waals surface area contributed by atoms with Crippen LogP contribution in [0.2, 0.25) is 0 Å². The summed E-state index contributed by atoms with van der Waals surface area (Å²) in [7, 11) is -3.37. The Balaban J connectivity index is 1.50. The Morgan fingerprint density at radius 2 is 1.75 bits per heavy atom. The summed E-state index contributed by atoms with van der Waals surface area (Å²) in [6.07, 6.45) is 1.76. The fraction of sp³-hybridized carbons (Fsp3) is 0.391. The number of amides is 2. The molecule has 7 nitrogen and oxygen atoms in total. The highest BCUT2D eigenvalue weighted by molar-refractivity contribution is 7.99. The van der Waals surface area contributed by atoms with Crippen LogP contribution in [0, 0.1) is 6.92 Å². The van der Waals surface area contributed by atoms with Crippen LogP contribution in [0.1, 0.15) is 38.8 Å². The van der Waals surface area contributed by atoms with Crippen molar-refractivity contribution in [2.75, 3.05) is 40.5 Å². The first-order valence-corrected chi connectivity index (χ1v) is 13.6. The molecule has 0 aromatic heterocycles. The van der Waals surface area contributed by atoms with Crippen LogP contribution >= 0.6 is 11.8 Å². The second-order valence-corrected chi connectivity index (χ2v) is 11.4. The second-order valence-electron chi connectivity index (χ2n) is 8.34. The van der Waals surface area contributed by atoms with E-state index in [2.05, 4.69) is 5.32 Å². The number of hydrogen-bond donors (Lipinski definition) is 1. The number of anilines is 2. The van der Waals surface area contributed by atoms with E-state index in [9.17, 15) is 18.0 Å². The highest BCUT2D eigenvalue weighted by Gasteiger charge is 2.32. The fourth-order valence-corrected chi connectivity index (χ4v) is 6.50. The lowest BCUT2D eigenvalue weighted by molar-refractivity contribution is 0.0772. The Hall–Kier alpha value is -2.52. The van der Waals surface area contributed by atoms with E-state index < -0.39 is 10.0 Å². The summed E-state index contributed by atoms with van der Waals surface area (Å²) in [6, 6.07) is 10.2. The number of nitrogens with zero attached hydrogens (tertiary/aromatic N) is 2. The minimum atomic E-state index is -3.37. The normalized spacial score (nSPS) is 18.4. The molecule has 2 aromatic rings. The number of hydrogen-bond acceptors (Lipinski definition) is 5. The van der Waals surface area contributed by atoms with Crippen molar-refractivity contribution < 1.29 is 18.0 Å². The number of carbonyl (C=O) groups excluding carboxylic acids is 2. The zero-order valence-electron chi connectivity index (χ0n) is 18.4. The van der Waals surface area contributed by atoms with Crippen LogP contribution in [0.15, 0.2) is 36.4 Å². The molecule has 1 unspecified atom stereocenters. The number of carbonyl (C=O) groups is 2. The van der Waals surface area contributed by atoms with Gasteiger partial charge in [-0.2, -0.15) is 11.8 Å². The molecule has 0 radical (unpaired) electrons. The molecule has 0 aliphatic carbocycles. The lowest BCUT2D eigenvalue weighted by Crippen LogP contribution is -2.37. The second kappa shape index (κ2) is 8.78. The topological polar surface area (TPSA) is 86.8 Å². The van der Waals surface area contributed by atoms with Gasteiger partial charge in [0.05, 0.1) is 11.9 Å². The predicted octanol–water partition coefficient (Wildman–Crippen LogP) is 3.15. The predicted molar refractivity (Wildman–Crippen MR) is 129 cm³/mol. The molecule has 2 aromatic carbocycles. The van der Waals surface area contributed by atoms with Crippen molar-refractivity contribution in [3.05, 3.63) is 58.7 Å². The average Bonchev–Trinajstić information content (AvgIpc) is 3.10. The number of sulfonamides is 1. The SMILES string of the molecule is Cc1cc(C(=O)N2CCSCC2)ccc1NC(=O)c1ccc2c(c1)CC(C)N2S(C)(=O)=O. The van der Waals surface area contributed by atoms with Gasteiger partial charge in [0.15, 0.2) is 0 Å². The summed E-state index contributed by atoms with van der Waals surface area (Å²) in [5, 5.41) is 2.92. The fourth-order valence-electron chi connectivity index (χ4n) is 4.33. The molecule has 0 saturated carbocycles. The third kappa shape index (κ3) is 4.49. The molecule has 0 spiro atoms. The summed E-state index contributed by atoms with van der Waals surface area (Å²) in [4.78, 5) is 27.5. The zero-order valence-corrected chi connectivity index (χ0v) is 20.1. The molecule has 9 heteroatoms. The van der Waals surface area contributed by atoms with Crippen molar-refractivity contribution in [3.63, 3.8) is 0 Å². The third-order valence-electron chi connectivity index (χ3n) is 5.87. The smallest absolute Gasteiger partial charge is 0.255 e. The maximum absolute atomic E-state index is 12.9. The minimum Gasteiger partial charge on any atom is -0.337 e. The quantitative estimate of drug-likeness (QED) is 0.737. The van der Waals surface area contributed by atoms with E-state index in [0.29, 0.717) is 28.9 Å². The van der Waals surface area contributed by atoms with Gasteiger partial charge in [0.25, 0.3) is 11.8 Å². The van der Waals surface area contributed by atoms with Gasteiger partial charge in [-0.05, 0) is 67.8 Å². The Bertz CT molecular complexity index is 1170. The maximum atomic E-state index is 12.9. The van der Waals surface area contributed by atoms with Crippen LogP contribution in [0.5, 0.6) is 0 Å². The van der Waals surface area contributed by atoms with E-state index in [0.717, 1.165) is 35.7 Å². The van der Waals surface area contributed by atoms with Gasteiger partial charge in [0.2, 0.25) is 10.0 Å². The first-order valence-electron chi connectivity index (χ1n) is 10.6. The van der Waals surface area contributed by atoms with Crippen molar-refractivity contribution in [2.45, 2.75) is 26.3 Å². The van der Waals surface area contributed by atoms with Gasteiger partial charge in [-0.15, -0.1) is 0 Å². The van der Waals surface area contributed by atoms with Crippen LogP contribution in [-0.4, -0.2) is 62.0 Å². The molecule has 1 N–H and O–H groups in total. The van der Waals surface area contributed by atoms with E-state index in [1.807, 2.05) is 36.6 Å².